The second-order valence-electron chi connectivity index (χ2n) is 6.46. The largest absolute Gasteiger partial charge is 0.326 e. The van der Waals surface area contributed by atoms with Crippen LogP contribution in [0.3, 0.4) is 0 Å². The van der Waals surface area contributed by atoms with Gasteiger partial charge in [0.1, 0.15) is 0 Å². The lowest BCUT2D eigenvalue weighted by molar-refractivity contribution is -0.117. The van der Waals surface area contributed by atoms with E-state index in [2.05, 4.69) is 16.0 Å². The predicted octanol–water partition coefficient (Wildman–Crippen LogP) is 2.99. The smallest absolute Gasteiger partial charge is 0.226 e. The number of anilines is 4. The molecule has 0 aliphatic rings. The zero-order valence-corrected chi connectivity index (χ0v) is 16.6. The molecule has 0 bridgehead atoms. The normalized spacial score (nSPS) is 10.0. The van der Waals surface area contributed by atoms with Gasteiger partial charge >= 0.3 is 0 Å². The number of amides is 4. The van der Waals surface area contributed by atoms with E-state index in [1.165, 1.54) is 25.7 Å². The van der Waals surface area contributed by atoms with Gasteiger partial charge < -0.3 is 20.9 Å². The van der Waals surface area contributed by atoms with E-state index in [4.69, 9.17) is 0 Å². The fourth-order valence-electron chi connectivity index (χ4n) is 2.71. The Labute approximate surface area is 169 Å². The molecule has 0 fully saturated rings. The summed E-state index contributed by atoms with van der Waals surface area (Å²) in [5.74, 6) is -0.834. The van der Waals surface area contributed by atoms with E-state index >= 15 is 0 Å². The lowest BCUT2D eigenvalue weighted by atomic mass is 10.2. The van der Waals surface area contributed by atoms with Gasteiger partial charge in [-0.1, -0.05) is 6.07 Å². The predicted molar refractivity (Wildman–Crippen MR) is 113 cm³/mol. The monoisotopic (exact) mass is 396 g/mol. The Morgan fingerprint density at radius 3 is 1.86 bits per heavy atom. The molecule has 4 amide bonds. The average molecular weight is 396 g/mol. The third-order valence-corrected chi connectivity index (χ3v) is 3.91. The molecule has 0 unspecified atom stereocenters. The summed E-state index contributed by atoms with van der Waals surface area (Å²) in [5, 5.41) is 8.07. The zero-order chi connectivity index (χ0) is 21.4. The number of rotatable bonds is 7. The minimum atomic E-state index is -0.258. The van der Waals surface area contributed by atoms with Crippen molar-refractivity contribution >= 4 is 46.4 Å². The summed E-state index contributed by atoms with van der Waals surface area (Å²) in [4.78, 5) is 48.0. The van der Waals surface area contributed by atoms with Crippen LogP contribution in [0.5, 0.6) is 0 Å². The molecule has 0 atom stereocenters. The third-order valence-electron chi connectivity index (χ3n) is 3.91. The first kappa shape index (κ1) is 21.6. The molecule has 152 valence electrons. The Kier molecular flexibility index (Phi) is 7.47. The molecule has 0 saturated heterocycles. The van der Waals surface area contributed by atoms with Crippen molar-refractivity contribution in [3.8, 4) is 0 Å². The van der Waals surface area contributed by atoms with E-state index in [0.29, 0.717) is 22.7 Å². The number of hydrogen-bond acceptors (Lipinski definition) is 4. The van der Waals surface area contributed by atoms with Gasteiger partial charge in [0.05, 0.1) is 0 Å². The minimum absolute atomic E-state index is 0.0946. The Bertz CT molecular complexity index is 909. The van der Waals surface area contributed by atoms with Crippen LogP contribution in [0, 0.1) is 0 Å². The SMILES string of the molecule is CC(=O)Nc1ccc(N(CCC(=O)Nc2cccc(NC(C)=O)c2)C(C)=O)cc1. The summed E-state index contributed by atoms with van der Waals surface area (Å²) < 4.78 is 0. The summed E-state index contributed by atoms with van der Waals surface area (Å²) in [6, 6.07) is 13.6. The van der Waals surface area contributed by atoms with Crippen LogP contribution in [0.1, 0.15) is 27.2 Å². The van der Waals surface area contributed by atoms with Crippen LogP contribution in [-0.4, -0.2) is 30.2 Å². The second-order valence-corrected chi connectivity index (χ2v) is 6.46. The molecule has 8 heteroatoms. The first-order chi connectivity index (χ1) is 13.7. The van der Waals surface area contributed by atoms with Crippen LogP contribution in [0.25, 0.3) is 0 Å². The van der Waals surface area contributed by atoms with Gasteiger partial charge in [0.15, 0.2) is 0 Å². The maximum atomic E-state index is 12.3. The van der Waals surface area contributed by atoms with Gasteiger partial charge in [0.25, 0.3) is 0 Å². The van der Waals surface area contributed by atoms with Gasteiger partial charge in [-0.3, -0.25) is 19.2 Å². The molecule has 0 aliphatic carbocycles. The van der Waals surface area contributed by atoms with Gasteiger partial charge in [-0.15, -0.1) is 0 Å². The highest BCUT2D eigenvalue weighted by Crippen LogP contribution is 2.19. The van der Waals surface area contributed by atoms with Crippen molar-refractivity contribution < 1.29 is 19.2 Å². The highest BCUT2D eigenvalue weighted by Gasteiger charge is 2.14. The first-order valence-electron chi connectivity index (χ1n) is 9.08. The standard InChI is InChI=1S/C21H24N4O4/c1-14(26)22-17-7-9-20(10-8-17)25(16(3)28)12-11-21(29)24-19-6-4-5-18(13-19)23-15(2)27/h4-10,13H,11-12H2,1-3H3,(H,22,26)(H,23,27)(H,24,29). The molecule has 0 saturated carbocycles. The molecular formula is C21H24N4O4. The molecular weight excluding hydrogens is 372 g/mol. The fourth-order valence-corrected chi connectivity index (χ4v) is 2.71. The van der Waals surface area contributed by atoms with Crippen molar-refractivity contribution in [1.82, 2.24) is 0 Å². The number of benzene rings is 2. The summed E-state index contributed by atoms with van der Waals surface area (Å²) in [6.45, 7) is 4.45. The van der Waals surface area contributed by atoms with E-state index in [-0.39, 0.29) is 36.6 Å². The van der Waals surface area contributed by atoms with E-state index in [9.17, 15) is 19.2 Å². The molecule has 0 heterocycles. The highest BCUT2D eigenvalue weighted by molar-refractivity contribution is 5.96. The van der Waals surface area contributed by atoms with Gasteiger partial charge in [-0.2, -0.15) is 0 Å². The molecule has 0 spiro atoms. The summed E-state index contributed by atoms with van der Waals surface area (Å²) in [5.41, 5.74) is 2.39. The summed E-state index contributed by atoms with van der Waals surface area (Å²) in [7, 11) is 0. The maximum Gasteiger partial charge on any atom is 0.226 e. The van der Waals surface area contributed by atoms with E-state index in [1.54, 1.807) is 48.5 Å². The number of nitrogens with zero attached hydrogens (tertiary/aromatic N) is 1. The first-order valence-corrected chi connectivity index (χ1v) is 9.08. The van der Waals surface area contributed by atoms with Gasteiger partial charge in [-0.25, -0.2) is 0 Å². The third kappa shape index (κ3) is 7.10. The Morgan fingerprint density at radius 2 is 1.31 bits per heavy atom. The van der Waals surface area contributed by atoms with Crippen LogP contribution in [-0.2, 0) is 19.2 Å². The zero-order valence-electron chi connectivity index (χ0n) is 16.6. The second kappa shape index (κ2) is 10.0. The molecule has 0 radical (unpaired) electrons. The molecule has 0 aliphatic heterocycles. The number of nitrogens with one attached hydrogen (secondary N) is 3. The van der Waals surface area contributed by atoms with Crippen LogP contribution in [0.15, 0.2) is 48.5 Å². The van der Waals surface area contributed by atoms with Gasteiger partial charge in [-0.05, 0) is 42.5 Å². The highest BCUT2D eigenvalue weighted by atomic mass is 16.2. The van der Waals surface area contributed by atoms with Crippen LogP contribution in [0.2, 0.25) is 0 Å². The van der Waals surface area contributed by atoms with E-state index in [1.807, 2.05) is 0 Å². The molecule has 29 heavy (non-hydrogen) atoms. The van der Waals surface area contributed by atoms with E-state index in [0.717, 1.165) is 0 Å². The average Bonchev–Trinajstić information content (AvgIpc) is 2.62. The number of carbonyl (C=O) groups is 4. The van der Waals surface area contributed by atoms with Crippen molar-refractivity contribution in [2.75, 3.05) is 27.4 Å². The molecule has 2 rings (SSSR count). The lowest BCUT2D eigenvalue weighted by Gasteiger charge is -2.21. The van der Waals surface area contributed by atoms with Crippen LogP contribution < -0.4 is 20.9 Å². The van der Waals surface area contributed by atoms with Crippen molar-refractivity contribution in [2.45, 2.75) is 27.2 Å². The van der Waals surface area contributed by atoms with Crippen LogP contribution in [0.4, 0.5) is 22.7 Å². The quantitative estimate of drug-likeness (QED) is 0.669. The van der Waals surface area contributed by atoms with Crippen molar-refractivity contribution in [2.24, 2.45) is 0 Å². The van der Waals surface area contributed by atoms with Gasteiger partial charge in [0, 0.05) is 56.5 Å². The van der Waals surface area contributed by atoms with Crippen molar-refractivity contribution in [3.63, 3.8) is 0 Å². The Balaban J connectivity index is 1.98. The van der Waals surface area contributed by atoms with Crippen molar-refractivity contribution in [3.05, 3.63) is 48.5 Å². The van der Waals surface area contributed by atoms with E-state index < -0.39 is 0 Å². The Morgan fingerprint density at radius 1 is 0.759 bits per heavy atom. The topological polar surface area (TPSA) is 108 Å². The molecule has 8 nitrogen and oxygen atoms in total. The summed E-state index contributed by atoms with van der Waals surface area (Å²) >= 11 is 0. The molecule has 2 aromatic rings. The number of carbonyl (C=O) groups excluding carboxylic acids is 4. The number of hydrogen-bond donors (Lipinski definition) is 3. The van der Waals surface area contributed by atoms with Crippen molar-refractivity contribution in [1.29, 1.82) is 0 Å². The maximum absolute atomic E-state index is 12.3. The fraction of sp³-hybridized carbons (Fsp3) is 0.238. The summed E-state index contributed by atoms with van der Waals surface area (Å²) in [6.07, 6.45) is 0.0946. The Hall–Kier alpha value is -3.68. The van der Waals surface area contributed by atoms with Gasteiger partial charge in [0.2, 0.25) is 23.6 Å². The minimum Gasteiger partial charge on any atom is -0.326 e. The molecule has 3 N–H and O–H groups in total. The molecule has 0 aromatic heterocycles. The molecule has 2 aromatic carbocycles. The van der Waals surface area contributed by atoms with Crippen LogP contribution >= 0.6 is 0 Å². The lowest BCUT2D eigenvalue weighted by Crippen LogP contribution is -2.31.